The molecule has 2 aromatic rings. The van der Waals surface area contributed by atoms with E-state index in [-0.39, 0.29) is 12.5 Å². The Morgan fingerprint density at radius 3 is 3.09 bits per heavy atom. The molecule has 1 saturated heterocycles. The highest BCUT2D eigenvalue weighted by Crippen LogP contribution is 2.25. The van der Waals surface area contributed by atoms with Crippen molar-refractivity contribution in [2.24, 2.45) is 0 Å². The Balaban J connectivity index is 1.73. The first-order valence-electron chi connectivity index (χ1n) is 8.01. The van der Waals surface area contributed by atoms with Gasteiger partial charge in [-0.3, -0.25) is 4.79 Å². The number of halogens is 1. The van der Waals surface area contributed by atoms with Crippen LogP contribution in [0.3, 0.4) is 0 Å². The van der Waals surface area contributed by atoms with Crippen LogP contribution < -0.4 is 4.74 Å². The normalized spacial score (nSPS) is 18.2. The van der Waals surface area contributed by atoms with E-state index >= 15 is 0 Å². The average Bonchev–Trinajstić information content (AvgIpc) is 2.59. The van der Waals surface area contributed by atoms with Crippen molar-refractivity contribution in [1.82, 2.24) is 14.9 Å². The number of piperidine rings is 1. The van der Waals surface area contributed by atoms with E-state index in [1.165, 1.54) is 12.7 Å². The fourth-order valence-electron chi connectivity index (χ4n) is 3.09. The molecule has 0 spiro atoms. The van der Waals surface area contributed by atoms with Crippen LogP contribution in [0.25, 0.3) is 10.9 Å². The Hall–Kier alpha value is -1.69. The van der Waals surface area contributed by atoms with Crippen LogP contribution in [0.1, 0.15) is 32.6 Å². The van der Waals surface area contributed by atoms with E-state index in [1.54, 1.807) is 0 Å². The summed E-state index contributed by atoms with van der Waals surface area (Å²) in [5.41, 5.74) is 0.801. The summed E-state index contributed by atoms with van der Waals surface area (Å²) >= 11 is 3.44. The maximum atomic E-state index is 12.5. The number of hydrogen-bond acceptors (Lipinski definition) is 4. The van der Waals surface area contributed by atoms with Crippen LogP contribution in [0.15, 0.2) is 29.0 Å². The van der Waals surface area contributed by atoms with Crippen molar-refractivity contribution in [2.45, 2.75) is 38.6 Å². The Kier molecular flexibility index (Phi) is 5.10. The predicted molar refractivity (Wildman–Crippen MR) is 92.4 cm³/mol. The Labute approximate surface area is 144 Å². The van der Waals surface area contributed by atoms with Crippen LogP contribution in [0.2, 0.25) is 0 Å². The highest BCUT2D eigenvalue weighted by atomic mass is 79.9. The van der Waals surface area contributed by atoms with Gasteiger partial charge < -0.3 is 9.64 Å². The first-order valence-corrected chi connectivity index (χ1v) is 8.81. The van der Waals surface area contributed by atoms with Crippen LogP contribution in [0.4, 0.5) is 0 Å². The van der Waals surface area contributed by atoms with Crippen molar-refractivity contribution < 1.29 is 9.53 Å². The molecule has 1 aliphatic heterocycles. The molecule has 3 rings (SSSR count). The van der Waals surface area contributed by atoms with Gasteiger partial charge >= 0.3 is 0 Å². The quantitative estimate of drug-likeness (QED) is 0.817. The number of benzene rings is 1. The number of nitrogens with zero attached hydrogens (tertiary/aromatic N) is 3. The third-order valence-corrected chi connectivity index (χ3v) is 4.81. The summed E-state index contributed by atoms with van der Waals surface area (Å²) in [7, 11) is 0. The van der Waals surface area contributed by atoms with Crippen molar-refractivity contribution >= 4 is 32.7 Å². The number of hydrogen-bond donors (Lipinski definition) is 0. The zero-order valence-corrected chi connectivity index (χ0v) is 14.8. The number of likely N-dealkylation sites (tertiary alicyclic amines) is 1. The van der Waals surface area contributed by atoms with Gasteiger partial charge in [0.25, 0.3) is 5.91 Å². The summed E-state index contributed by atoms with van der Waals surface area (Å²) in [6.07, 6.45) is 5.83. The topological polar surface area (TPSA) is 55.3 Å². The van der Waals surface area contributed by atoms with Crippen LogP contribution in [-0.4, -0.2) is 40.0 Å². The van der Waals surface area contributed by atoms with Gasteiger partial charge in [-0.25, -0.2) is 9.97 Å². The average molecular weight is 378 g/mol. The van der Waals surface area contributed by atoms with E-state index in [9.17, 15) is 4.79 Å². The van der Waals surface area contributed by atoms with Crippen molar-refractivity contribution in [3.05, 3.63) is 29.0 Å². The third kappa shape index (κ3) is 3.63. The highest BCUT2D eigenvalue weighted by molar-refractivity contribution is 9.10. The Morgan fingerprint density at radius 1 is 1.39 bits per heavy atom. The van der Waals surface area contributed by atoms with Gasteiger partial charge in [0.2, 0.25) is 5.88 Å². The molecule has 1 amide bonds. The lowest BCUT2D eigenvalue weighted by molar-refractivity contribution is -0.137. The fraction of sp³-hybridized carbons (Fsp3) is 0.471. The molecule has 1 atom stereocenters. The van der Waals surface area contributed by atoms with Gasteiger partial charge in [-0.15, -0.1) is 0 Å². The third-order valence-electron chi connectivity index (χ3n) is 4.31. The number of carbonyl (C=O) groups is 1. The lowest BCUT2D eigenvalue weighted by Crippen LogP contribution is -2.45. The minimum Gasteiger partial charge on any atom is -0.467 e. The van der Waals surface area contributed by atoms with Crippen molar-refractivity contribution in [3.8, 4) is 5.88 Å². The molecule has 0 saturated carbocycles. The van der Waals surface area contributed by atoms with E-state index in [0.717, 1.165) is 41.2 Å². The van der Waals surface area contributed by atoms with Gasteiger partial charge in [0.1, 0.15) is 6.33 Å². The number of aromatic nitrogens is 2. The number of amides is 1. The summed E-state index contributed by atoms with van der Waals surface area (Å²) in [4.78, 5) is 22.9. The molecule has 0 aliphatic carbocycles. The van der Waals surface area contributed by atoms with Crippen molar-refractivity contribution in [2.75, 3.05) is 13.2 Å². The van der Waals surface area contributed by atoms with Crippen LogP contribution in [0, 0.1) is 0 Å². The predicted octanol–water partition coefficient (Wildman–Crippen LogP) is 3.56. The molecular weight excluding hydrogens is 358 g/mol. The second-order valence-corrected chi connectivity index (χ2v) is 6.69. The zero-order valence-electron chi connectivity index (χ0n) is 13.2. The molecule has 1 aromatic carbocycles. The van der Waals surface area contributed by atoms with Gasteiger partial charge in [0.15, 0.2) is 6.61 Å². The molecule has 122 valence electrons. The molecular formula is C17H20BrN3O2. The smallest absolute Gasteiger partial charge is 0.260 e. The highest BCUT2D eigenvalue weighted by Gasteiger charge is 2.25. The van der Waals surface area contributed by atoms with E-state index in [1.807, 2.05) is 23.1 Å². The summed E-state index contributed by atoms with van der Waals surface area (Å²) in [6, 6.07) is 6.07. The summed E-state index contributed by atoms with van der Waals surface area (Å²) < 4.78 is 6.65. The second-order valence-electron chi connectivity index (χ2n) is 5.77. The second kappa shape index (κ2) is 7.25. The van der Waals surface area contributed by atoms with Gasteiger partial charge in [-0.05, 0) is 43.9 Å². The van der Waals surface area contributed by atoms with Crippen molar-refractivity contribution in [3.63, 3.8) is 0 Å². The minimum atomic E-state index is 0.0229. The molecule has 1 aromatic heterocycles. The van der Waals surface area contributed by atoms with E-state index in [4.69, 9.17) is 4.74 Å². The SMILES string of the molecule is CCC1CCCCN1C(=O)COc1ncnc2ccc(Br)cc12. The zero-order chi connectivity index (χ0) is 16.2. The van der Waals surface area contributed by atoms with Crippen LogP contribution >= 0.6 is 15.9 Å². The van der Waals surface area contributed by atoms with Gasteiger partial charge in [0.05, 0.1) is 10.9 Å². The fourth-order valence-corrected chi connectivity index (χ4v) is 3.45. The summed E-state index contributed by atoms with van der Waals surface area (Å²) in [5, 5.41) is 0.806. The maximum absolute atomic E-state index is 12.5. The lowest BCUT2D eigenvalue weighted by atomic mass is 10.00. The summed E-state index contributed by atoms with van der Waals surface area (Å²) in [5.74, 6) is 0.494. The molecule has 0 N–H and O–H groups in total. The molecule has 0 radical (unpaired) electrons. The first kappa shape index (κ1) is 16.2. The number of carbonyl (C=O) groups excluding carboxylic acids is 1. The van der Waals surface area contributed by atoms with Crippen LogP contribution in [0.5, 0.6) is 5.88 Å². The van der Waals surface area contributed by atoms with Crippen molar-refractivity contribution in [1.29, 1.82) is 0 Å². The number of ether oxygens (including phenoxy) is 1. The molecule has 2 heterocycles. The lowest BCUT2D eigenvalue weighted by Gasteiger charge is -2.35. The van der Waals surface area contributed by atoms with E-state index in [0.29, 0.717) is 11.9 Å². The molecule has 1 aliphatic rings. The van der Waals surface area contributed by atoms with E-state index in [2.05, 4.69) is 32.8 Å². The van der Waals surface area contributed by atoms with Gasteiger partial charge in [0, 0.05) is 17.1 Å². The maximum Gasteiger partial charge on any atom is 0.260 e. The standard InChI is InChI=1S/C17H20BrN3O2/c1-2-13-5-3-4-8-21(13)16(22)10-23-17-14-9-12(18)6-7-15(14)19-11-20-17/h6-7,9,11,13H,2-5,8,10H2,1H3. The van der Waals surface area contributed by atoms with Gasteiger partial charge in [-0.2, -0.15) is 0 Å². The van der Waals surface area contributed by atoms with Crippen LogP contribution in [-0.2, 0) is 4.79 Å². The minimum absolute atomic E-state index is 0.0229. The summed E-state index contributed by atoms with van der Waals surface area (Å²) in [6.45, 7) is 2.98. The Bertz CT molecular complexity index is 707. The Morgan fingerprint density at radius 2 is 2.26 bits per heavy atom. The molecule has 1 fully saturated rings. The van der Waals surface area contributed by atoms with Gasteiger partial charge in [-0.1, -0.05) is 22.9 Å². The monoisotopic (exact) mass is 377 g/mol. The molecule has 5 nitrogen and oxygen atoms in total. The number of rotatable bonds is 4. The molecule has 0 bridgehead atoms. The molecule has 23 heavy (non-hydrogen) atoms. The molecule has 1 unspecified atom stereocenters. The largest absolute Gasteiger partial charge is 0.467 e. The van der Waals surface area contributed by atoms with E-state index < -0.39 is 0 Å². The molecule has 6 heteroatoms. The number of fused-ring (bicyclic) bond motifs is 1. The first-order chi connectivity index (χ1) is 11.2.